The molecule has 1 amide bonds. The Morgan fingerprint density at radius 2 is 2.15 bits per heavy atom. The number of hydrogen-bond donors (Lipinski definition) is 2. The van der Waals surface area contributed by atoms with Gasteiger partial charge in [0.05, 0.1) is 0 Å². The molecule has 0 aliphatic carbocycles. The van der Waals surface area contributed by atoms with Crippen LogP contribution in [0.5, 0.6) is 0 Å². The first-order valence-corrected chi connectivity index (χ1v) is 4.31. The number of carbonyl (C=O) groups is 1. The number of nitrogens with two attached hydrogens (primary N) is 2. The highest BCUT2D eigenvalue weighted by Gasteiger charge is 2.16. The molecule has 0 aromatic heterocycles. The zero-order valence-electron chi connectivity index (χ0n) is 6.63. The van der Waals surface area contributed by atoms with Gasteiger partial charge in [-0.3, -0.25) is 4.79 Å². The predicted molar refractivity (Wildman–Crippen MR) is 50.2 cm³/mol. The minimum Gasteiger partial charge on any atom is -0.368 e. The maximum Gasteiger partial charge on any atom is 0.239 e. The van der Waals surface area contributed by atoms with Crippen molar-refractivity contribution in [3.05, 3.63) is 34.1 Å². The first kappa shape index (κ1) is 10.1. The van der Waals surface area contributed by atoms with Gasteiger partial charge in [-0.25, -0.2) is 4.39 Å². The van der Waals surface area contributed by atoms with Crippen molar-refractivity contribution >= 4 is 21.8 Å². The number of carbonyl (C=O) groups excluding carboxylic acids is 1. The van der Waals surface area contributed by atoms with E-state index in [-0.39, 0.29) is 5.56 Å². The highest BCUT2D eigenvalue weighted by Crippen LogP contribution is 2.19. The Labute approximate surface area is 83.0 Å². The summed E-state index contributed by atoms with van der Waals surface area (Å²) in [5.41, 5.74) is 10.4. The van der Waals surface area contributed by atoms with Crippen molar-refractivity contribution in [2.45, 2.75) is 6.04 Å². The summed E-state index contributed by atoms with van der Waals surface area (Å²) >= 11 is 3.14. The molecule has 5 heteroatoms. The molecule has 0 saturated heterocycles. The zero-order chi connectivity index (χ0) is 10.0. The predicted octanol–water partition coefficient (Wildman–Crippen LogP) is 1.07. The van der Waals surface area contributed by atoms with E-state index in [1.165, 1.54) is 18.2 Å². The molecule has 0 aliphatic heterocycles. The molecule has 13 heavy (non-hydrogen) atoms. The molecule has 1 atom stereocenters. The molecule has 1 unspecified atom stereocenters. The lowest BCUT2D eigenvalue weighted by atomic mass is 10.1. The first-order valence-electron chi connectivity index (χ1n) is 3.52. The monoisotopic (exact) mass is 246 g/mol. The zero-order valence-corrected chi connectivity index (χ0v) is 8.21. The van der Waals surface area contributed by atoms with Gasteiger partial charge in [0.2, 0.25) is 5.91 Å². The molecule has 0 saturated carbocycles. The summed E-state index contributed by atoms with van der Waals surface area (Å²) in [6.07, 6.45) is 0. The maximum atomic E-state index is 13.1. The van der Waals surface area contributed by atoms with Crippen molar-refractivity contribution in [2.75, 3.05) is 0 Å². The lowest BCUT2D eigenvalue weighted by Gasteiger charge is -2.08. The molecule has 70 valence electrons. The SMILES string of the molecule is NC(=O)C(N)c1cc(Br)ccc1F. The van der Waals surface area contributed by atoms with Gasteiger partial charge in [-0.2, -0.15) is 0 Å². The van der Waals surface area contributed by atoms with Crippen LogP contribution in [0.15, 0.2) is 22.7 Å². The Morgan fingerprint density at radius 3 is 2.69 bits per heavy atom. The first-order chi connectivity index (χ1) is 6.02. The second kappa shape index (κ2) is 3.85. The molecule has 1 aromatic carbocycles. The molecule has 0 aliphatic rings. The van der Waals surface area contributed by atoms with Gasteiger partial charge in [-0.1, -0.05) is 15.9 Å². The summed E-state index contributed by atoms with van der Waals surface area (Å²) in [6, 6.07) is 3.08. The topological polar surface area (TPSA) is 69.1 Å². The van der Waals surface area contributed by atoms with Crippen molar-refractivity contribution < 1.29 is 9.18 Å². The van der Waals surface area contributed by atoms with E-state index >= 15 is 0 Å². The second-order valence-electron chi connectivity index (χ2n) is 2.55. The van der Waals surface area contributed by atoms with Gasteiger partial charge in [0.15, 0.2) is 0 Å². The molecular weight excluding hydrogens is 239 g/mol. The minimum atomic E-state index is -1.10. The lowest BCUT2D eigenvalue weighted by Crippen LogP contribution is -2.28. The third-order valence-corrected chi connectivity index (χ3v) is 2.09. The quantitative estimate of drug-likeness (QED) is 0.820. The van der Waals surface area contributed by atoms with Gasteiger partial charge in [0.25, 0.3) is 0 Å². The molecule has 0 heterocycles. The van der Waals surface area contributed by atoms with Crippen LogP contribution in [0, 0.1) is 5.82 Å². The van der Waals surface area contributed by atoms with E-state index in [0.717, 1.165) is 0 Å². The normalized spacial score (nSPS) is 12.5. The fourth-order valence-corrected chi connectivity index (χ4v) is 1.28. The van der Waals surface area contributed by atoms with Crippen molar-refractivity contribution in [1.82, 2.24) is 0 Å². The summed E-state index contributed by atoms with van der Waals surface area (Å²) in [6.45, 7) is 0. The molecule has 0 radical (unpaired) electrons. The van der Waals surface area contributed by atoms with E-state index in [0.29, 0.717) is 4.47 Å². The van der Waals surface area contributed by atoms with Gasteiger partial charge in [-0.05, 0) is 18.2 Å². The van der Waals surface area contributed by atoms with E-state index in [4.69, 9.17) is 11.5 Å². The standard InChI is InChI=1S/C8H8BrFN2O/c9-4-1-2-6(10)5(3-4)7(11)8(12)13/h1-3,7H,11H2,(H2,12,13). The Kier molecular flexibility index (Phi) is 3.00. The second-order valence-corrected chi connectivity index (χ2v) is 3.46. The Morgan fingerprint density at radius 1 is 1.54 bits per heavy atom. The maximum absolute atomic E-state index is 13.1. The van der Waals surface area contributed by atoms with E-state index < -0.39 is 17.8 Å². The average Bonchev–Trinajstić information content (AvgIpc) is 2.08. The number of amides is 1. The van der Waals surface area contributed by atoms with E-state index in [1.807, 2.05) is 0 Å². The number of primary amides is 1. The fourth-order valence-electron chi connectivity index (χ4n) is 0.906. The molecule has 0 spiro atoms. The number of halogens is 2. The minimum absolute atomic E-state index is 0.0990. The smallest absolute Gasteiger partial charge is 0.239 e. The van der Waals surface area contributed by atoms with Crippen molar-refractivity contribution in [2.24, 2.45) is 11.5 Å². The molecule has 1 aromatic rings. The summed E-state index contributed by atoms with van der Waals surface area (Å²) in [7, 11) is 0. The van der Waals surface area contributed by atoms with Crippen LogP contribution in [0.4, 0.5) is 4.39 Å². The van der Waals surface area contributed by atoms with Crippen LogP contribution >= 0.6 is 15.9 Å². The van der Waals surface area contributed by atoms with Crippen molar-refractivity contribution in [1.29, 1.82) is 0 Å². The molecule has 0 fully saturated rings. The highest BCUT2D eigenvalue weighted by molar-refractivity contribution is 9.10. The van der Waals surface area contributed by atoms with Gasteiger partial charge in [0.1, 0.15) is 11.9 Å². The van der Waals surface area contributed by atoms with Crippen LogP contribution in [-0.2, 0) is 4.79 Å². The third-order valence-electron chi connectivity index (χ3n) is 1.60. The Bertz CT molecular complexity index is 343. The van der Waals surface area contributed by atoms with Gasteiger partial charge < -0.3 is 11.5 Å². The molecular formula is C8H8BrFN2O. The fraction of sp³-hybridized carbons (Fsp3) is 0.125. The van der Waals surface area contributed by atoms with Gasteiger partial charge in [0, 0.05) is 10.0 Å². The Balaban J connectivity index is 3.12. The van der Waals surface area contributed by atoms with Crippen LogP contribution in [-0.4, -0.2) is 5.91 Å². The van der Waals surface area contributed by atoms with Crippen LogP contribution in [0.3, 0.4) is 0 Å². The summed E-state index contributed by atoms with van der Waals surface area (Å²) in [5, 5.41) is 0. The van der Waals surface area contributed by atoms with Gasteiger partial charge >= 0.3 is 0 Å². The summed E-state index contributed by atoms with van der Waals surface area (Å²) in [4.78, 5) is 10.7. The average molecular weight is 247 g/mol. The summed E-state index contributed by atoms with van der Waals surface area (Å²) in [5.74, 6) is -1.29. The molecule has 3 nitrogen and oxygen atoms in total. The molecule has 1 rings (SSSR count). The van der Waals surface area contributed by atoms with Crippen LogP contribution < -0.4 is 11.5 Å². The molecule has 4 N–H and O–H groups in total. The highest BCUT2D eigenvalue weighted by atomic mass is 79.9. The van der Waals surface area contributed by atoms with Crippen LogP contribution in [0.25, 0.3) is 0 Å². The number of benzene rings is 1. The number of rotatable bonds is 2. The van der Waals surface area contributed by atoms with Crippen LogP contribution in [0.2, 0.25) is 0 Å². The summed E-state index contributed by atoms with van der Waals surface area (Å²) < 4.78 is 13.7. The largest absolute Gasteiger partial charge is 0.368 e. The van der Waals surface area contributed by atoms with E-state index in [2.05, 4.69) is 15.9 Å². The van der Waals surface area contributed by atoms with Crippen molar-refractivity contribution in [3.63, 3.8) is 0 Å². The Hall–Kier alpha value is -0.940. The van der Waals surface area contributed by atoms with E-state index in [1.54, 1.807) is 0 Å². The lowest BCUT2D eigenvalue weighted by molar-refractivity contribution is -0.119. The number of hydrogen-bond acceptors (Lipinski definition) is 2. The third kappa shape index (κ3) is 2.26. The van der Waals surface area contributed by atoms with Crippen molar-refractivity contribution in [3.8, 4) is 0 Å². The van der Waals surface area contributed by atoms with Gasteiger partial charge in [-0.15, -0.1) is 0 Å². The molecule has 0 bridgehead atoms. The van der Waals surface area contributed by atoms with Crippen LogP contribution in [0.1, 0.15) is 11.6 Å². The van der Waals surface area contributed by atoms with E-state index in [9.17, 15) is 9.18 Å².